The van der Waals surface area contributed by atoms with Crippen molar-refractivity contribution >= 4 is 5.78 Å². The van der Waals surface area contributed by atoms with E-state index in [2.05, 4.69) is 12.1 Å². The lowest BCUT2D eigenvalue weighted by Gasteiger charge is -1.96. The van der Waals surface area contributed by atoms with Crippen molar-refractivity contribution in [1.82, 2.24) is 0 Å². The van der Waals surface area contributed by atoms with E-state index in [1.54, 1.807) is 12.1 Å². The van der Waals surface area contributed by atoms with Crippen LogP contribution in [0.5, 0.6) is 0 Å². The van der Waals surface area contributed by atoms with E-state index >= 15 is 0 Å². The summed E-state index contributed by atoms with van der Waals surface area (Å²) in [5, 5.41) is 0. The lowest BCUT2D eigenvalue weighted by molar-refractivity contribution is 0.104. The highest BCUT2D eigenvalue weighted by atomic mass is 16.3. The number of furan rings is 1. The maximum Gasteiger partial charge on any atom is 0.188 e. The van der Waals surface area contributed by atoms with Crippen molar-refractivity contribution in [3.8, 4) is 0 Å². The Bertz CT molecular complexity index is 481. The second-order valence-electron chi connectivity index (χ2n) is 3.80. The highest BCUT2D eigenvalue weighted by Gasteiger charge is 2.01. The minimum Gasteiger partial charge on any atom is -0.472 e. The van der Waals surface area contributed by atoms with E-state index in [4.69, 9.17) is 4.42 Å². The molecule has 0 N–H and O–H groups in total. The molecule has 0 spiro atoms. The van der Waals surface area contributed by atoms with Gasteiger partial charge in [-0.15, -0.1) is 0 Å². The Morgan fingerprint density at radius 3 is 2.71 bits per heavy atom. The molecule has 2 aromatic rings. The number of aryl methyl sites for hydroxylation is 1. The Balaban J connectivity index is 1.81. The van der Waals surface area contributed by atoms with Gasteiger partial charge in [0.25, 0.3) is 0 Å². The van der Waals surface area contributed by atoms with Crippen LogP contribution in [0.4, 0.5) is 0 Å². The van der Waals surface area contributed by atoms with Gasteiger partial charge in [-0.2, -0.15) is 0 Å². The summed E-state index contributed by atoms with van der Waals surface area (Å²) in [4.78, 5) is 11.6. The third-order valence-electron chi connectivity index (χ3n) is 2.52. The third-order valence-corrected chi connectivity index (χ3v) is 2.52. The molecule has 17 heavy (non-hydrogen) atoms. The number of hydrogen-bond donors (Lipinski definition) is 0. The summed E-state index contributed by atoms with van der Waals surface area (Å²) < 4.78 is 4.86. The number of rotatable bonds is 5. The van der Waals surface area contributed by atoms with Crippen LogP contribution in [0.25, 0.3) is 0 Å². The molecular weight excluding hydrogens is 212 g/mol. The van der Waals surface area contributed by atoms with Crippen LogP contribution < -0.4 is 0 Å². The van der Waals surface area contributed by atoms with Crippen LogP contribution in [0, 0.1) is 0 Å². The normalized spacial score (nSPS) is 10.8. The van der Waals surface area contributed by atoms with Crippen molar-refractivity contribution in [3.63, 3.8) is 0 Å². The van der Waals surface area contributed by atoms with Gasteiger partial charge in [-0.1, -0.05) is 36.4 Å². The van der Waals surface area contributed by atoms with E-state index in [1.165, 1.54) is 18.1 Å². The van der Waals surface area contributed by atoms with E-state index in [1.807, 2.05) is 24.3 Å². The first-order valence-corrected chi connectivity index (χ1v) is 5.63. The van der Waals surface area contributed by atoms with Crippen LogP contribution in [0.1, 0.15) is 22.3 Å². The van der Waals surface area contributed by atoms with Gasteiger partial charge in [-0.05, 0) is 30.5 Å². The van der Waals surface area contributed by atoms with E-state index in [-0.39, 0.29) is 5.78 Å². The summed E-state index contributed by atoms with van der Waals surface area (Å²) in [5.74, 6) is -0.00758. The van der Waals surface area contributed by atoms with E-state index < -0.39 is 0 Å². The first-order valence-electron chi connectivity index (χ1n) is 5.63. The number of benzene rings is 1. The molecule has 0 aliphatic carbocycles. The molecular formula is C15H14O2. The van der Waals surface area contributed by atoms with Crippen molar-refractivity contribution in [1.29, 1.82) is 0 Å². The largest absolute Gasteiger partial charge is 0.472 e. The molecule has 2 nitrogen and oxygen atoms in total. The lowest BCUT2D eigenvalue weighted by Crippen LogP contribution is -1.90. The SMILES string of the molecule is O=C(/C=C/CCc1ccccc1)c1ccoc1. The molecule has 1 heterocycles. The van der Waals surface area contributed by atoms with Crippen molar-refractivity contribution in [3.05, 3.63) is 72.2 Å². The summed E-state index contributed by atoms with van der Waals surface area (Å²) in [6, 6.07) is 11.9. The molecule has 1 aromatic heterocycles. The zero-order valence-corrected chi connectivity index (χ0v) is 9.50. The van der Waals surface area contributed by atoms with E-state index in [0.29, 0.717) is 5.56 Å². The molecule has 0 bridgehead atoms. The van der Waals surface area contributed by atoms with Gasteiger partial charge < -0.3 is 4.42 Å². The third kappa shape index (κ3) is 3.45. The Kier molecular flexibility index (Phi) is 3.92. The average molecular weight is 226 g/mol. The molecule has 1 aromatic carbocycles. The average Bonchev–Trinajstić information content (AvgIpc) is 2.89. The fourth-order valence-corrected chi connectivity index (χ4v) is 1.59. The highest BCUT2D eigenvalue weighted by molar-refractivity contribution is 6.04. The molecule has 86 valence electrons. The smallest absolute Gasteiger partial charge is 0.188 e. The van der Waals surface area contributed by atoms with Crippen LogP contribution in [-0.2, 0) is 6.42 Å². The van der Waals surface area contributed by atoms with Crippen molar-refractivity contribution < 1.29 is 9.21 Å². The second-order valence-corrected chi connectivity index (χ2v) is 3.80. The number of allylic oxidation sites excluding steroid dienone is 2. The van der Waals surface area contributed by atoms with Gasteiger partial charge in [0.2, 0.25) is 0 Å². The Hall–Kier alpha value is -2.09. The van der Waals surface area contributed by atoms with Crippen LogP contribution in [0.3, 0.4) is 0 Å². The van der Waals surface area contributed by atoms with Gasteiger partial charge in [0.1, 0.15) is 6.26 Å². The van der Waals surface area contributed by atoms with Crippen LogP contribution >= 0.6 is 0 Å². The predicted octanol–water partition coefficient (Wildman–Crippen LogP) is 3.65. The molecule has 0 unspecified atom stereocenters. The molecule has 0 saturated carbocycles. The summed E-state index contributed by atoms with van der Waals surface area (Å²) in [7, 11) is 0. The standard InChI is InChI=1S/C15H14O2/c16-15(14-10-11-17-12-14)9-5-4-8-13-6-2-1-3-7-13/h1-3,5-7,9-12H,4,8H2/b9-5+. The minimum absolute atomic E-state index is 0.00758. The van der Waals surface area contributed by atoms with Crippen LogP contribution in [0.15, 0.2) is 65.5 Å². The Morgan fingerprint density at radius 2 is 2.00 bits per heavy atom. The Labute approximate surface area is 101 Å². The fraction of sp³-hybridized carbons (Fsp3) is 0.133. The van der Waals surface area contributed by atoms with Gasteiger partial charge in [0.15, 0.2) is 5.78 Å². The van der Waals surface area contributed by atoms with Gasteiger partial charge in [-0.25, -0.2) is 0 Å². The summed E-state index contributed by atoms with van der Waals surface area (Å²) in [5.41, 5.74) is 1.88. The molecule has 0 aliphatic rings. The zero-order valence-electron chi connectivity index (χ0n) is 9.50. The van der Waals surface area contributed by atoms with Gasteiger partial charge in [-0.3, -0.25) is 4.79 Å². The fourth-order valence-electron chi connectivity index (χ4n) is 1.59. The van der Waals surface area contributed by atoms with E-state index in [0.717, 1.165) is 12.8 Å². The number of ketones is 1. The molecule has 0 atom stereocenters. The molecule has 0 aliphatic heterocycles. The number of carbonyl (C=O) groups is 1. The summed E-state index contributed by atoms with van der Waals surface area (Å²) in [6.45, 7) is 0. The van der Waals surface area contributed by atoms with Crippen LogP contribution in [0.2, 0.25) is 0 Å². The van der Waals surface area contributed by atoms with E-state index in [9.17, 15) is 4.79 Å². The molecule has 0 radical (unpaired) electrons. The monoisotopic (exact) mass is 226 g/mol. The minimum atomic E-state index is -0.00758. The van der Waals surface area contributed by atoms with Gasteiger partial charge in [0, 0.05) is 0 Å². The van der Waals surface area contributed by atoms with Gasteiger partial charge in [0.05, 0.1) is 11.8 Å². The maximum absolute atomic E-state index is 11.6. The van der Waals surface area contributed by atoms with Crippen molar-refractivity contribution in [2.45, 2.75) is 12.8 Å². The van der Waals surface area contributed by atoms with Crippen molar-refractivity contribution in [2.24, 2.45) is 0 Å². The number of carbonyl (C=O) groups excluding carboxylic acids is 1. The second kappa shape index (κ2) is 5.85. The quantitative estimate of drug-likeness (QED) is 0.575. The zero-order chi connectivity index (χ0) is 11.9. The first-order chi connectivity index (χ1) is 8.36. The topological polar surface area (TPSA) is 30.2 Å². The summed E-state index contributed by atoms with van der Waals surface area (Å²) in [6.07, 6.45) is 8.30. The maximum atomic E-state index is 11.6. The predicted molar refractivity (Wildman–Crippen MR) is 66.9 cm³/mol. The van der Waals surface area contributed by atoms with Crippen molar-refractivity contribution in [2.75, 3.05) is 0 Å². The first kappa shape index (κ1) is 11.4. The molecule has 0 amide bonds. The highest BCUT2D eigenvalue weighted by Crippen LogP contribution is 2.05. The van der Waals surface area contributed by atoms with Gasteiger partial charge >= 0.3 is 0 Å². The molecule has 2 rings (SSSR count). The van der Waals surface area contributed by atoms with Crippen LogP contribution in [-0.4, -0.2) is 5.78 Å². The molecule has 2 heteroatoms. The lowest BCUT2D eigenvalue weighted by atomic mass is 10.1. The molecule has 0 fully saturated rings. The molecule has 0 saturated heterocycles. The number of hydrogen-bond acceptors (Lipinski definition) is 2. The Morgan fingerprint density at radius 1 is 1.18 bits per heavy atom. The summed E-state index contributed by atoms with van der Waals surface area (Å²) >= 11 is 0.